The molecule has 0 radical (unpaired) electrons. The van der Waals surface area contributed by atoms with Crippen molar-refractivity contribution in [1.29, 1.82) is 0 Å². The molecule has 0 saturated carbocycles. The summed E-state index contributed by atoms with van der Waals surface area (Å²) < 4.78 is 6.75. The van der Waals surface area contributed by atoms with Crippen LogP contribution in [0, 0.1) is 13.8 Å². The SMILES string of the molecule is COc1ccc(C(=O)CSc2nc3sc(C)c(C)c3c(=O)n2-c2ccccc2)cc1. The first kappa shape index (κ1) is 20.4. The number of nitrogens with zero attached hydrogens (tertiary/aromatic N) is 2. The molecule has 0 aliphatic carbocycles. The molecule has 0 bridgehead atoms. The number of aryl methyl sites for hydroxylation is 2. The van der Waals surface area contributed by atoms with Crippen molar-refractivity contribution in [2.45, 2.75) is 19.0 Å². The molecular weight excluding hydrogens is 416 g/mol. The molecular formula is C23H20N2O3S2. The second-order valence-electron chi connectivity index (χ2n) is 6.77. The van der Waals surface area contributed by atoms with Crippen LogP contribution in [0.3, 0.4) is 0 Å². The molecule has 4 rings (SSSR count). The van der Waals surface area contributed by atoms with Crippen LogP contribution in [0.1, 0.15) is 20.8 Å². The zero-order valence-electron chi connectivity index (χ0n) is 16.8. The average Bonchev–Trinajstić information content (AvgIpc) is 3.06. The van der Waals surface area contributed by atoms with Gasteiger partial charge in [0, 0.05) is 10.4 Å². The van der Waals surface area contributed by atoms with Gasteiger partial charge in [-0.3, -0.25) is 14.2 Å². The number of para-hydroxylation sites is 1. The van der Waals surface area contributed by atoms with E-state index in [1.54, 1.807) is 35.9 Å². The van der Waals surface area contributed by atoms with E-state index in [2.05, 4.69) is 0 Å². The van der Waals surface area contributed by atoms with Crippen molar-refractivity contribution in [2.75, 3.05) is 12.9 Å². The first-order valence-corrected chi connectivity index (χ1v) is 11.2. The van der Waals surface area contributed by atoms with Gasteiger partial charge in [0.2, 0.25) is 0 Å². The Morgan fingerprint density at radius 1 is 1.10 bits per heavy atom. The van der Waals surface area contributed by atoms with E-state index >= 15 is 0 Å². The standard InChI is InChI=1S/C23H20N2O3S2/c1-14-15(2)30-21-20(14)22(27)25(17-7-5-4-6-8-17)23(24-21)29-13-19(26)16-9-11-18(28-3)12-10-16/h4-12H,13H2,1-3H3. The molecule has 0 atom stereocenters. The Balaban J connectivity index is 1.74. The molecule has 0 fully saturated rings. The Labute approximate surface area is 182 Å². The van der Waals surface area contributed by atoms with E-state index in [-0.39, 0.29) is 17.1 Å². The van der Waals surface area contributed by atoms with Gasteiger partial charge in [0.1, 0.15) is 10.6 Å². The van der Waals surface area contributed by atoms with Crippen LogP contribution in [0.5, 0.6) is 5.75 Å². The van der Waals surface area contributed by atoms with Crippen LogP contribution in [-0.4, -0.2) is 28.2 Å². The van der Waals surface area contributed by atoms with E-state index in [4.69, 9.17) is 9.72 Å². The molecule has 0 spiro atoms. The summed E-state index contributed by atoms with van der Waals surface area (Å²) in [5.41, 5.74) is 2.19. The lowest BCUT2D eigenvalue weighted by Crippen LogP contribution is -2.22. The molecule has 0 amide bonds. The van der Waals surface area contributed by atoms with Crippen LogP contribution in [0.2, 0.25) is 0 Å². The Kier molecular flexibility index (Phi) is 5.74. The third-order valence-electron chi connectivity index (χ3n) is 4.93. The zero-order valence-corrected chi connectivity index (χ0v) is 18.5. The highest BCUT2D eigenvalue weighted by molar-refractivity contribution is 7.99. The van der Waals surface area contributed by atoms with Gasteiger partial charge in [-0.2, -0.15) is 0 Å². The average molecular weight is 437 g/mol. The van der Waals surface area contributed by atoms with Gasteiger partial charge in [0.25, 0.3) is 5.56 Å². The lowest BCUT2D eigenvalue weighted by Gasteiger charge is -2.12. The number of hydrogen-bond acceptors (Lipinski definition) is 6. The third-order valence-corrected chi connectivity index (χ3v) is 6.97. The van der Waals surface area contributed by atoms with Crippen molar-refractivity contribution >= 4 is 39.1 Å². The zero-order chi connectivity index (χ0) is 21.3. The Morgan fingerprint density at radius 3 is 2.47 bits per heavy atom. The van der Waals surface area contributed by atoms with E-state index in [1.807, 2.05) is 44.2 Å². The van der Waals surface area contributed by atoms with E-state index in [0.717, 1.165) is 16.1 Å². The second kappa shape index (κ2) is 8.45. The van der Waals surface area contributed by atoms with E-state index < -0.39 is 0 Å². The van der Waals surface area contributed by atoms with Crippen molar-refractivity contribution in [3.63, 3.8) is 0 Å². The molecule has 152 valence electrons. The van der Waals surface area contributed by atoms with Gasteiger partial charge >= 0.3 is 0 Å². The second-order valence-corrected chi connectivity index (χ2v) is 8.92. The molecule has 0 N–H and O–H groups in total. The molecule has 0 saturated heterocycles. The summed E-state index contributed by atoms with van der Waals surface area (Å²) in [5, 5.41) is 1.16. The first-order chi connectivity index (χ1) is 14.5. The van der Waals surface area contributed by atoms with E-state index in [9.17, 15) is 9.59 Å². The maximum atomic E-state index is 13.4. The summed E-state index contributed by atoms with van der Waals surface area (Å²) in [6.45, 7) is 3.95. The molecule has 5 nitrogen and oxygen atoms in total. The highest BCUT2D eigenvalue weighted by Gasteiger charge is 2.19. The normalized spacial score (nSPS) is 11.0. The minimum absolute atomic E-state index is 0.0323. The Morgan fingerprint density at radius 2 is 1.80 bits per heavy atom. The van der Waals surface area contributed by atoms with Crippen LogP contribution in [0.15, 0.2) is 64.5 Å². The van der Waals surface area contributed by atoms with Crippen molar-refractivity contribution < 1.29 is 9.53 Å². The lowest BCUT2D eigenvalue weighted by atomic mass is 10.1. The highest BCUT2D eigenvalue weighted by Crippen LogP contribution is 2.30. The van der Waals surface area contributed by atoms with Gasteiger partial charge in [0.15, 0.2) is 10.9 Å². The number of carbonyl (C=O) groups is 1. The number of hydrogen-bond donors (Lipinski definition) is 0. The molecule has 4 aromatic rings. The number of ether oxygens (including phenoxy) is 1. The summed E-state index contributed by atoms with van der Waals surface area (Å²) in [5.74, 6) is 0.850. The van der Waals surface area contributed by atoms with Gasteiger partial charge in [-0.05, 0) is 55.8 Å². The third kappa shape index (κ3) is 3.78. The monoisotopic (exact) mass is 436 g/mol. The fourth-order valence-corrected chi connectivity index (χ4v) is 5.14. The number of fused-ring (bicyclic) bond motifs is 1. The highest BCUT2D eigenvalue weighted by atomic mass is 32.2. The molecule has 2 aromatic carbocycles. The maximum Gasteiger partial charge on any atom is 0.267 e. The predicted octanol–water partition coefficient (Wildman–Crippen LogP) is 5.05. The fourth-order valence-electron chi connectivity index (χ4n) is 3.17. The molecule has 0 aliphatic rings. The van der Waals surface area contributed by atoms with E-state index in [1.165, 1.54) is 23.1 Å². The maximum absolute atomic E-state index is 13.4. The quantitative estimate of drug-likeness (QED) is 0.241. The number of thioether (sulfide) groups is 1. The Hall–Kier alpha value is -2.90. The minimum Gasteiger partial charge on any atom is -0.497 e. The smallest absolute Gasteiger partial charge is 0.267 e. The predicted molar refractivity (Wildman–Crippen MR) is 123 cm³/mol. The molecule has 2 aromatic heterocycles. The number of rotatable bonds is 6. The fraction of sp³-hybridized carbons (Fsp3) is 0.174. The molecule has 7 heteroatoms. The number of thiophene rings is 1. The van der Waals surface area contributed by atoms with Gasteiger partial charge in [-0.25, -0.2) is 4.98 Å². The van der Waals surface area contributed by atoms with Crippen molar-refractivity contribution in [3.8, 4) is 11.4 Å². The van der Waals surface area contributed by atoms with Crippen LogP contribution < -0.4 is 10.3 Å². The Bertz CT molecular complexity index is 1280. The molecule has 2 heterocycles. The van der Waals surface area contributed by atoms with E-state index in [0.29, 0.717) is 26.7 Å². The topological polar surface area (TPSA) is 61.2 Å². The molecule has 0 unspecified atom stereocenters. The number of ketones is 1. The van der Waals surface area contributed by atoms with Gasteiger partial charge in [0.05, 0.1) is 23.9 Å². The summed E-state index contributed by atoms with van der Waals surface area (Å²) in [4.78, 5) is 32.6. The van der Waals surface area contributed by atoms with Crippen LogP contribution >= 0.6 is 23.1 Å². The van der Waals surface area contributed by atoms with Crippen molar-refractivity contribution in [2.24, 2.45) is 0 Å². The molecule has 30 heavy (non-hydrogen) atoms. The van der Waals surface area contributed by atoms with Crippen molar-refractivity contribution in [1.82, 2.24) is 9.55 Å². The number of carbonyl (C=O) groups excluding carboxylic acids is 1. The summed E-state index contributed by atoms with van der Waals surface area (Å²) >= 11 is 2.79. The molecule has 0 aliphatic heterocycles. The van der Waals surface area contributed by atoms with Crippen molar-refractivity contribution in [3.05, 3.63) is 81.0 Å². The number of methoxy groups -OCH3 is 1. The number of benzene rings is 2. The number of Topliss-reactive ketones (excluding diaryl/α,β-unsaturated/α-hetero) is 1. The largest absolute Gasteiger partial charge is 0.497 e. The first-order valence-electron chi connectivity index (χ1n) is 9.38. The van der Waals surface area contributed by atoms with Gasteiger partial charge in [-0.15, -0.1) is 11.3 Å². The summed E-state index contributed by atoms with van der Waals surface area (Å²) in [6, 6.07) is 16.4. The summed E-state index contributed by atoms with van der Waals surface area (Å²) in [6.07, 6.45) is 0. The summed E-state index contributed by atoms with van der Waals surface area (Å²) in [7, 11) is 1.59. The number of aromatic nitrogens is 2. The van der Waals surface area contributed by atoms with Crippen LogP contribution in [0.25, 0.3) is 15.9 Å². The van der Waals surface area contributed by atoms with Gasteiger partial charge < -0.3 is 4.74 Å². The van der Waals surface area contributed by atoms with Crippen LogP contribution in [0.4, 0.5) is 0 Å². The minimum atomic E-state index is -0.104. The van der Waals surface area contributed by atoms with Crippen LogP contribution in [-0.2, 0) is 0 Å². The lowest BCUT2D eigenvalue weighted by molar-refractivity contribution is 0.102. The van der Waals surface area contributed by atoms with Gasteiger partial charge in [-0.1, -0.05) is 30.0 Å².